The molecule has 4 heteroatoms. The minimum absolute atomic E-state index is 0.597. The Morgan fingerprint density at radius 3 is 2.70 bits per heavy atom. The van der Waals surface area contributed by atoms with Crippen LogP contribution in [-0.2, 0) is 0 Å². The summed E-state index contributed by atoms with van der Waals surface area (Å²) in [7, 11) is 0. The molecule has 1 aromatic rings. The Morgan fingerprint density at radius 1 is 1.10 bits per heavy atom. The van der Waals surface area contributed by atoms with Crippen LogP contribution in [-0.4, -0.2) is 34.0 Å². The third-order valence-electron chi connectivity index (χ3n) is 3.40. The van der Waals surface area contributed by atoms with Crippen LogP contribution in [0, 0.1) is 0 Å². The van der Waals surface area contributed by atoms with Gasteiger partial charge in [-0.25, -0.2) is 0 Å². The monoisotopic (exact) mass is 342 g/mol. The third-order valence-corrected chi connectivity index (χ3v) is 7.07. The quantitative estimate of drug-likeness (QED) is 0.485. The first-order valence-corrected chi connectivity index (χ1v) is 10.5. The molecule has 0 saturated carbocycles. The lowest BCUT2D eigenvalue weighted by Crippen LogP contribution is -2.12. The van der Waals surface area contributed by atoms with Gasteiger partial charge >= 0.3 is 0 Å². The Balaban J connectivity index is 1.92. The molecule has 2 rings (SSSR count). The van der Waals surface area contributed by atoms with E-state index in [0.717, 1.165) is 23.0 Å². The smallest absolute Gasteiger partial charge is 0.0147 e. The van der Waals surface area contributed by atoms with Crippen LogP contribution in [0.15, 0.2) is 30.3 Å². The molecule has 0 heterocycles. The average molecular weight is 343 g/mol. The Morgan fingerprint density at radius 2 is 1.90 bits per heavy atom. The van der Waals surface area contributed by atoms with Gasteiger partial charge in [-0.15, -0.1) is 0 Å². The summed E-state index contributed by atoms with van der Waals surface area (Å²) in [5, 5.41) is 0.716. The van der Waals surface area contributed by atoms with E-state index in [-0.39, 0.29) is 0 Å². The fourth-order valence-corrected chi connectivity index (χ4v) is 5.35. The van der Waals surface area contributed by atoms with Gasteiger partial charge in [0.15, 0.2) is 0 Å². The molecular weight excluding hydrogens is 320 g/mol. The summed E-state index contributed by atoms with van der Waals surface area (Å²) in [6.07, 6.45) is 5.90. The van der Waals surface area contributed by atoms with E-state index in [1.54, 1.807) is 0 Å². The highest BCUT2D eigenvalue weighted by Crippen LogP contribution is 2.36. The highest BCUT2D eigenvalue weighted by Gasteiger charge is 2.21. The normalized spacial score (nSPS) is 18.2. The van der Waals surface area contributed by atoms with Crippen LogP contribution in [0.4, 0.5) is 0 Å². The maximum absolute atomic E-state index is 4.34. The molecular formula is C16H22S4. The highest BCUT2D eigenvalue weighted by atomic mass is 32.2. The van der Waals surface area contributed by atoms with Gasteiger partial charge in [0.2, 0.25) is 0 Å². The second kappa shape index (κ2) is 9.39. The number of thioether (sulfide) groups is 2. The minimum atomic E-state index is 0.597. The van der Waals surface area contributed by atoms with Gasteiger partial charge in [-0.2, -0.15) is 48.8 Å². The zero-order chi connectivity index (χ0) is 14.2. The number of allylic oxidation sites excluding steroid dienone is 1. The van der Waals surface area contributed by atoms with Crippen molar-refractivity contribution in [2.75, 3.05) is 28.8 Å². The summed E-state index contributed by atoms with van der Waals surface area (Å²) in [6, 6.07) is 8.78. The molecule has 0 fully saturated rings. The van der Waals surface area contributed by atoms with Crippen molar-refractivity contribution in [1.29, 1.82) is 0 Å². The van der Waals surface area contributed by atoms with Crippen LogP contribution in [0.5, 0.6) is 0 Å². The summed E-state index contributed by atoms with van der Waals surface area (Å²) in [4.78, 5) is 0. The van der Waals surface area contributed by atoms with E-state index in [1.807, 2.05) is 11.8 Å². The van der Waals surface area contributed by atoms with E-state index in [2.05, 4.69) is 73.4 Å². The van der Waals surface area contributed by atoms with Crippen LogP contribution in [0.25, 0.3) is 6.08 Å². The van der Waals surface area contributed by atoms with Gasteiger partial charge in [-0.05, 0) is 29.1 Å². The molecule has 1 aliphatic carbocycles. The summed E-state index contributed by atoms with van der Waals surface area (Å²) < 4.78 is 0. The topological polar surface area (TPSA) is 0 Å². The average Bonchev–Trinajstić information content (AvgIpc) is 2.88. The van der Waals surface area contributed by atoms with Crippen molar-refractivity contribution in [2.24, 2.45) is 0 Å². The van der Waals surface area contributed by atoms with Crippen LogP contribution < -0.4 is 0 Å². The lowest BCUT2D eigenvalue weighted by atomic mass is 9.96. The Labute approximate surface area is 142 Å². The largest absolute Gasteiger partial charge is 0.179 e. The predicted molar refractivity (Wildman–Crippen MR) is 104 cm³/mol. The first-order valence-electron chi connectivity index (χ1n) is 7.03. The zero-order valence-electron chi connectivity index (χ0n) is 11.6. The van der Waals surface area contributed by atoms with Crippen molar-refractivity contribution < 1.29 is 0 Å². The van der Waals surface area contributed by atoms with Crippen molar-refractivity contribution in [1.82, 2.24) is 0 Å². The van der Waals surface area contributed by atoms with Crippen molar-refractivity contribution >= 4 is 54.9 Å². The maximum Gasteiger partial charge on any atom is 0.0147 e. The summed E-state index contributed by atoms with van der Waals surface area (Å²) in [5.74, 6) is 6.06. The van der Waals surface area contributed by atoms with E-state index in [1.165, 1.54) is 23.3 Å². The molecule has 20 heavy (non-hydrogen) atoms. The predicted octanol–water partition coefficient (Wildman–Crippen LogP) is 4.88. The SMILES string of the molecule is SCCSCC(CC1C=Cc2ccccc21)SCCS. The molecule has 0 aliphatic heterocycles. The van der Waals surface area contributed by atoms with Gasteiger partial charge in [-0.1, -0.05) is 36.4 Å². The molecule has 0 spiro atoms. The number of hydrogen-bond acceptors (Lipinski definition) is 4. The molecule has 0 amide bonds. The first kappa shape index (κ1) is 16.7. The summed E-state index contributed by atoms with van der Waals surface area (Å²) in [5.41, 5.74) is 2.90. The first-order chi connectivity index (χ1) is 9.85. The Bertz CT molecular complexity index is 430. The van der Waals surface area contributed by atoms with Crippen LogP contribution >= 0.6 is 48.8 Å². The van der Waals surface area contributed by atoms with E-state index >= 15 is 0 Å². The van der Waals surface area contributed by atoms with Gasteiger partial charge < -0.3 is 0 Å². The van der Waals surface area contributed by atoms with Crippen LogP contribution in [0.2, 0.25) is 0 Å². The summed E-state index contributed by atoms with van der Waals surface area (Å²) >= 11 is 12.7. The Kier molecular flexibility index (Phi) is 7.85. The van der Waals surface area contributed by atoms with Crippen molar-refractivity contribution in [3.05, 3.63) is 41.5 Å². The molecule has 0 nitrogen and oxygen atoms in total. The number of benzene rings is 1. The van der Waals surface area contributed by atoms with Crippen LogP contribution in [0.3, 0.4) is 0 Å². The molecule has 0 aromatic heterocycles. The van der Waals surface area contributed by atoms with E-state index in [4.69, 9.17) is 0 Å². The Hall–Kier alpha value is 0.360. The highest BCUT2D eigenvalue weighted by molar-refractivity contribution is 8.03. The molecule has 0 bridgehead atoms. The van der Waals surface area contributed by atoms with E-state index < -0.39 is 0 Å². The molecule has 2 atom stereocenters. The van der Waals surface area contributed by atoms with Crippen molar-refractivity contribution in [2.45, 2.75) is 17.6 Å². The number of fused-ring (bicyclic) bond motifs is 1. The maximum atomic E-state index is 4.34. The minimum Gasteiger partial charge on any atom is -0.179 e. The second-order valence-electron chi connectivity index (χ2n) is 4.85. The van der Waals surface area contributed by atoms with E-state index in [9.17, 15) is 0 Å². The molecule has 110 valence electrons. The van der Waals surface area contributed by atoms with Gasteiger partial charge in [0, 0.05) is 28.4 Å². The molecule has 2 unspecified atom stereocenters. The van der Waals surface area contributed by atoms with Gasteiger partial charge in [-0.3, -0.25) is 0 Å². The third kappa shape index (κ3) is 4.97. The van der Waals surface area contributed by atoms with Crippen molar-refractivity contribution in [3.8, 4) is 0 Å². The molecule has 0 N–H and O–H groups in total. The van der Waals surface area contributed by atoms with Gasteiger partial charge in [0.1, 0.15) is 0 Å². The fraction of sp³-hybridized carbons (Fsp3) is 0.500. The standard InChI is InChI=1S/C16H22S4/c17-7-9-19-12-15(20-10-8-18)11-14-6-5-13-3-1-2-4-16(13)14/h1-6,14-15,17-18H,7-12H2. The van der Waals surface area contributed by atoms with Crippen molar-refractivity contribution in [3.63, 3.8) is 0 Å². The zero-order valence-corrected chi connectivity index (χ0v) is 15.0. The number of hydrogen-bond donors (Lipinski definition) is 2. The number of thiol groups is 2. The fourth-order valence-electron chi connectivity index (χ4n) is 2.50. The lowest BCUT2D eigenvalue weighted by molar-refractivity contribution is 0.745. The summed E-state index contributed by atoms with van der Waals surface area (Å²) in [6.45, 7) is 0. The van der Waals surface area contributed by atoms with E-state index in [0.29, 0.717) is 11.2 Å². The van der Waals surface area contributed by atoms with Gasteiger partial charge in [0.05, 0.1) is 0 Å². The molecule has 0 saturated heterocycles. The molecule has 0 radical (unpaired) electrons. The van der Waals surface area contributed by atoms with Gasteiger partial charge in [0.25, 0.3) is 0 Å². The number of rotatable bonds is 9. The molecule has 1 aromatic carbocycles. The molecule has 1 aliphatic rings. The lowest BCUT2D eigenvalue weighted by Gasteiger charge is -2.20. The second-order valence-corrected chi connectivity index (χ2v) is 8.30. The van der Waals surface area contributed by atoms with Crippen LogP contribution in [0.1, 0.15) is 23.5 Å².